The maximum absolute atomic E-state index is 11.1. The Bertz CT molecular complexity index is 536. The van der Waals surface area contributed by atoms with Gasteiger partial charge in [0.05, 0.1) is 12.8 Å². The number of benzene rings is 1. The van der Waals surface area contributed by atoms with E-state index in [0.29, 0.717) is 5.56 Å². The lowest BCUT2D eigenvalue weighted by molar-refractivity contribution is -0.156. The van der Waals surface area contributed by atoms with Gasteiger partial charge in [-0.25, -0.2) is 9.48 Å². The Morgan fingerprint density at radius 2 is 2.00 bits per heavy atom. The molecule has 1 aromatic carbocycles. The Morgan fingerprint density at radius 3 is 2.53 bits per heavy atom. The molecule has 0 aliphatic carbocycles. The maximum atomic E-state index is 11.1. The van der Waals surface area contributed by atoms with Gasteiger partial charge in [0.1, 0.15) is 6.10 Å². The summed E-state index contributed by atoms with van der Waals surface area (Å²) in [5, 5.41) is 23.5. The highest BCUT2D eigenvalue weighted by molar-refractivity contribution is 5.75. The van der Waals surface area contributed by atoms with Gasteiger partial charge in [0, 0.05) is 12.4 Å². The lowest BCUT2D eigenvalue weighted by Gasteiger charge is -2.16. The standard InChI is InChI=1S/C13H14N2O4/c1-19-13(18)12(17)11(16)9-3-5-10(6-4-9)15-8-2-7-14-15/h2-8,11-12,16-17H,1H3. The fourth-order valence-corrected chi connectivity index (χ4v) is 1.68. The largest absolute Gasteiger partial charge is 0.467 e. The van der Waals surface area contributed by atoms with Gasteiger partial charge >= 0.3 is 5.97 Å². The molecule has 0 saturated carbocycles. The quantitative estimate of drug-likeness (QED) is 0.781. The highest BCUT2D eigenvalue weighted by atomic mass is 16.5. The molecule has 0 fully saturated rings. The number of hydrogen-bond acceptors (Lipinski definition) is 5. The highest BCUT2D eigenvalue weighted by Crippen LogP contribution is 2.19. The summed E-state index contributed by atoms with van der Waals surface area (Å²) in [5.74, 6) is -0.872. The highest BCUT2D eigenvalue weighted by Gasteiger charge is 2.26. The van der Waals surface area contributed by atoms with Gasteiger partial charge in [-0.2, -0.15) is 5.10 Å². The van der Waals surface area contributed by atoms with Crippen LogP contribution >= 0.6 is 0 Å². The Kier molecular flexibility index (Phi) is 3.94. The Morgan fingerprint density at radius 1 is 1.32 bits per heavy atom. The van der Waals surface area contributed by atoms with Crippen LogP contribution in [0.4, 0.5) is 0 Å². The number of ether oxygens (including phenoxy) is 1. The van der Waals surface area contributed by atoms with Gasteiger partial charge < -0.3 is 14.9 Å². The molecule has 2 rings (SSSR count). The van der Waals surface area contributed by atoms with Gasteiger partial charge in [0.15, 0.2) is 6.10 Å². The van der Waals surface area contributed by atoms with Crippen molar-refractivity contribution < 1.29 is 19.7 Å². The first-order chi connectivity index (χ1) is 9.13. The Labute approximate surface area is 109 Å². The van der Waals surface area contributed by atoms with Crippen molar-refractivity contribution in [3.63, 3.8) is 0 Å². The average molecular weight is 262 g/mol. The summed E-state index contributed by atoms with van der Waals surface area (Å²) in [6, 6.07) is 8.50. The molecule has 0 spiro atoms. The lowest BCUT2D eigenvalue weighted by Crippen LogP contribution is -2.29. The zero-order valence-corrected chi connectivity index (χ0v) is 10.3. The second-order valence-corrected chi connectivity index (χ2v) is 3.95. The minimum absolute atomic E-state index is 0.425. The van der Waals surface area contributed by atoms with Crippen LogP contribution in [0.5, 0.6) is 0 Å². The van der Waals surface area contributed by atoms with Crippen LogP contribution < -0.4 is 0 Å². The molecule has 1 aromatic heterocycles. The smallest absolute Gasteiger partial charge is 0.337 e. The van der Waals surface area contributed by atoms with E-state index in [9.17, 15) is 15.0 Å². The van der Waals surface area contributed by atoms with E-state index in [1.54, 1.807) is 47.4 Å². The van der Waals surface area contributed by atoms with Crippen LogP contribution in [-0.2, 0) is 9.53 Å². The van der Waals surface area contributed by atoms with E-state index in [-0.39, 0.29) is 0 Å². The normalized spacial score (nSPS) is 13.8. The number of methoxy groups -OCH3 is 1. The number of nitrogens with zero attached hydrogens (tertiary/aromatic N) is 2. The monoisotopic (exact) mass is 262 g/mol. The van der Waals surface area contributed by atoms with Gasteiger partial charge in [0.2, 0.25) is 0 Å². The topological polar surface area (TPSA) is 84.6 Å². The molecule has 1 heterocycles. The van der Waals surface area contributed by atoms with Crippen LogP contribution in [0.15, 0.2) is 42.7 Å². The molecule has 2 atom stereocenters. The summed E-state index contributed by atoms with van der Waals surface area (Å²) in [6.07, 6.45) is 0.526. The number of esters is 1. The first-order valence-corrected chi connectivity index (χ1v) is 5.67. The van der Waals surface area contributed by atoms with Crippen LogP contribution in [0.2, 0.25) is 0 Å². The van der Waals surface area contributed by atoms with Crippen molar-refractivity contribution in [2.24, 2.45) is 0 Å². The summed E-state index contributed by atoms with van der Waals surface area (Å²) in [6.45, 7) is 0. The van der Waals surface area contributed by atoms with Crippen molar-refractivity contribution >= 4 is 5.97 Å². The number of aliphatic hydroxyl groups excluding tert-OH is 2. The molecular formula is C13H14N2O4. The summed E-state index contributed by atoms with van der Waals surface area (Å²) < 4.78 is 6.03. The number of carbonyl (C=O) groups excluding carboxylic acids is 1. The molecule has 6 heteroatoms. The van der Waals surface area contributed by atoms with E-state index >= 15 is 0 Å². The third-order valence-electron chi connectivity index (χ3n) is 2.75. The third kappa shape index (κ3) is 2.81. The number of aliphatic hydroxyl groups is 2. The molecule has 2 unspecified atom stereocenters. The van der Waals surface area contributed by atoms with Gasteiger partial charge in [-0.3, -0.25) is 0 Å². The number of aromatic nitrogens is 2. The Hall–Kier alpha value is -2.18. The second-order valence-electron chi connectivity index (χ2n) is 3.95. The van der Waals surface area contributed by atoms with Crippen molar-refractivity contribution in [1.29, 1.82) is 0 Å². The second kappa shape index (κ2) is 5.64. The summed E-state index contributed by atoms with van der Waals surface area (Å²) >= 11 is 0. The molecule has 0 radical (unpaired) electrons. The van der Waals surface area contributed by atoms with Crippen molar-refractivity contribution in [2.45, 2.75) is 12.2 Å². The lowest BCUT2D eigenvalue weighted by atomic mass is 10.0. The van der Waals surface area contributed by atoms with E-state index in [4.69, 9.17) is 0 Å². The molecule has 19 heavy (non-hydrogen) atoms. The summed E-state index contributed by atoms with van der Waals surface area (Å²) in [7, 11) is 1.15. The molecule has 0 bridgehead atoms. The molecule has 6 nitrogen and oxygen atoms in total. The predicted molar refractivity (Wildman–Crippen MR) is 66.5 cm³/mol. The van der Waals surface area contributed by atoms with Crippen molar-refractivity contribution in [2.75, 3.05) is 7.11 Å². The fraction of sp³-hybridized carbons (Fsp3) is 0.231. The zero-order chi connectivity index (χ0) is 13.8. The molecule has 0 aliphatic heterocycles. The molecule has 2 N–H and O–H groups in total. The van der Waals surface area contributed by atoms with Crippen LogP contribution in [-0.4, -0.2) is 39.2 Å². The van der Waals surface area contributed by atoms with Crippen LogP contribution in [0.25, 0.3) is 5.69 Å². The number of carbonyl (C=O) groups is 1. The first-order valence-electron chi connectivity index (χ1n) is 5.67. The Balaban J connectivity index is 2.16. The van der Waals surface area contributed by atoms with Crippen molar-refractivity contribution in [3.8, 4) is 5.69 Å². The molecule has 0 aliphatic rings. The van der Waals surface area contributed by atoms with E-state index < -0.39 is 18.2 Å². The van der Waals surface area contributed by atoms with Crippen LogP contribution in [0.1, 0.15) is 11.7 Å². The molecule has 0 amide bonds. The maximum Gasteiger partial charge on any atom is 0.337 e. The first kappa shape index (κ1) is 13.3. The summed E-state index contributed by atoms with van der Waals surface area (Å²) in [5.41, 5.74) is 1.24. The van der Waals surface area contributed by atoms with Gasteiger partial charge in [0.25, 0.3) is 0 Å². The minimum atomic E-state index is -1.60. The molecule has 2 aromatic rings. The van der Waals surface area contributed by atoms with Crippen molar-refractivity contribution in [3.05, 3.63) is 48.3 Å². The van der Waals surface area contributed by atoms with Gasteiger partial charge in [-0.1, -0.05) is 12.1 Å². The molecular weight excluding hydrogens is 248 g/mol. The van der Waals surface area contributed by atoms with E-state index in [1.807, 2.05) is 0 Å². The van der Waals surface area contributed by atoms with E-state index in [2.05, 4.69) is 9.84 Å². The SMILES string of the molecule is COC(=O)C(O)C(O)c1ccc(-n2cccn2)cc1. The third-order valence-corrected chi connectivity index (χ3v) is 2.75. The average Bonchev–Trinajstić information content (AvgIpc) is 2.99. The molecule has 0 saturated heterocycles. The van der Waals surface area contributed by atoms with Crippen LogP contribution in [0, 0.1) is 0 Å². The number of hydrogen-bond donors (Lipinski definition) is 2. The zero-order valence-electron chi connectivity index (χ0n) is 10.3. The predicted octanol–water partition coefficient (Wildman–Crippen LogP) is 0.440. The summed E-state index contributed by atoms with van der Waals surface area (Å²) in [4.78, 5) is 11.1. The van der Waals surface area contributed by atoms with E-state index in [0.717, 1.165) is 12.8 Å². The van der Waals surface area contributed by atoms with Crippen molar-refractivity contribution in [1.82, 2.24) is 9.78 Å². The number of rotatable bonds is 4. The van der Waals surface area contributed by atoms with Crippen LogP contribution in [0.3, 0.4) is 0 Å². The van der Waals surface area contributed by atoms with Gasteiger partial charge in [-0.05, 0) is 23.8 Å². The fourth-order valence-electron chi connectivity index (χ4n) is 1.68. The van der Waals surface area contributed by atoms with Gasteiger partial charge in [-0.15, -0.1) is 0 Å². The minimum Gasteiger partial charge on any atom is -0.467 e. The van der Waals surface area contributed by atoms with E-state index in [1.165, 1.54) is 0 Å². The molecule has 100 valence electrons.